The van der Waals surface area contributed by atoms with Gasteiger partial charge in [0.25, 0.3) is 0 Å². The van der Waals surface area contributed by atoms with E-state index in [1.165, 1.54) is 42.8 Å². The number of carbonyl (C=O) groups excluding carboxylic acids is 1. The van der Waals surface area contributed by atoms with Crippen LogP contribution in [0.4, 0.5) is 0 Å². The highest BCUT2D eigenvalue weighted by Crippen LogP contribution is 2.31. The van der Waals surface area contributed by atoms with E-state index >= 15 is 0 Å². The van der Waals surface area contributed by atoms with Crippen LogP contribution in [0.15, 0.2) is 47.4 Å². The zero-order valence-electron chi connectivity index (χ0n) is 16.6. The lowest BCUT2D eigenvalue weighted by Gasteiger charge is -2.25. The van der Waals surface area contributed by atoms with Crippen LogP contribution in [0.2, 0.25) is 0 Å². The summed E-state index contributed by atoms with van der Waals surface area (Å²) in [5.41, 5.74) is 0.953. The number of ether oxygens (including phenoxy) is 3. The van der Waals surface area contributed by atoms with Crippen molar-refractivity contribution in [1.29, 1.82) is 0 Å². The average molecular weight is 419 g/mol. The topological polar surface area (TPSA) is 82.1 Å². The summed E-state index contributed by atoms with van der Waals surface area (Å²) in [6.07, 6.45) is 2.80. The van der Waals surface area contributed by atoms with Crippen molar-refractivity contribution in [3.8, 4) is 11.5 Å². The smallest absolute Gasteiger partial charge is 0.338 e. The first-order valence-electron chi connectivity index (χ1n) is 9.44. The Morgan fingerprint density at radius 1 is 0.966 bits per heavy atom. The van der Waals surface area contributed by atoms with E-state index in [1.807, 2.05) is 0 Å². The van der Waals surface area contributed by atoms with E-state index < -0.39 is 16.0 Å². The van der Waals surface area contributed by atoms with Crippen molar-refractivity contribution in [1.82, 2.24) is 4.31 Å². The molecule has 7 nitrogen and oxygen atoms in total. The van der Waals surface area contributed by atoms with Crippen molar-refractivity contribution < 1.29 is 27.4 Å². The summed E-state index contributed by atoms with van der Waals surface area (Å²) in [4.78, 5) is 12.6. The van der Waals surface area contributed by atoms with E-state index in [1.54, 1.807) is 18.2 Å². The molecule has 2 aromatic carbocycles. The quantitative estimate of drug-likeness (QED) is 0.641. The molecule has 0 spiro atoms. The van der Waals surface area contributed by atoms with Crippen molar-refractivity contribution in [2.75, 3.05) is 27.3 Å². The van der Waals surface area contributed by atoms with Gasteiger partial charge in [0.05, 0.1) is 24.7 Å². The van der Waals surface area contributed by atoms with E-state index in [0.29, 0.717) is 30.2 Å². The van der Waals surface area contributed by atoms with Gasteiger partial charge in [-0.25, -0.2) is 13.2 Å². The van der Waals surface area contributed by atoms with Crippen LogP contribution in [0.5, 0.6) is 11.5 Å². The van der Waals surface area contributed by atoms with E-state index in [-0.39, 0.29) is 17.1 Å². The summed E-state index contributed by atoms with van der Waals surface area (Å²) in [6.45, 7) is 1.08. The van der Waals surface area contributed by atoms with Crippen LogP contribution >= 0.6 is 0 Å². The molecular formula is C21H25NO6S. The average Bonchev–Trinajstić information content (AvgIpc) is 2.77. The molecule has 29 heavy (non-hydrogen) atoms. The first-order valence-corrected chi connectivity index (χ1v) is 10.9. The lowest BCUT2D eigenvalue weighted by molar-refractivity contribution is 0.0469. The molecule has 0 N–H and O–H groups in total. The second-order valence-electron chi connectivity index (χ2n) is 6.72. The van der Waals surface area contributed by atoms with Crippen molar-refractivity contribution in [2.24, 2.45) is 0 Å². The summed E-state index contributed by atoms with van der Waals surface area (Å²) < 4.78 is 42.8. The molecule has 1 aliphatic heterocycles. The minimum Gasteiger partial charge on any atom is -0.493 e. The number of esters is 1. The fraction of sp³-hybridized carbons (Fsp3) is 0.381. The molecule has 2 aromatic rings. The number of hydrogen-bond donors (Lipinski definition) is 0. The Balaban J connectivity index is 1.68. The van der Waals surface area contributed by atoms with Crippen LogP contribution in [0.3, 0.4) is 0 Å². The fourth-order valence-electron chi connectivity index (χ4n) is 3.31. The van der Waals surface area contributed by atoms with E-state index in [9.17, 15) is 13.2 Å². The summed E-state index contributed by atoms with van der Waals surface area (Å²) in [5, 5.41) is 0. The second kappa shape index (κ2) is 9.28. The molecule has 0 saturated carbocycles. The maximum atomic E-state index is 12.7. The van der Waals surface area contributed by atoms with Gasteiger partial charge < -0.3 is 14.2 Å². The highest BCUT2D eigenvalue weighted by Gasteiger charge is 2.26. The van der Waals surface area contributed by atoms with Crippen molar-refractivity contribution in [3.05, 3.63) is 53.6 Å². The zero-order chi connectivity index (χ0) is 20.9. The minimum absolute atomic E-state index is 0.00698. The molecular weight excluding hydrogens is 394 g/mol. The Bertz CT molecular complexity index is 950. The predicted molar refractivity (Wildman–Crippen MR) is 108 cm³/mol. The summed E-state index contributed by atoms with van der Waals surface area (Å²) in [5.74, 6) is 0.510. The number of carbonyl (C=O) groups is 1. The third kappa shape index (κ3) is 4.71. The molecule has 0 radical (unpaired) electrons. The predicted octanol–water partition coefficient (Wildman–Crippen LogP) is 3.24. The number of para-hydroxylation sites is 1. The normalized spacial score (nSPS) is 15.0. The van der Waals surface area contributed by atoms with Gasteiger partial charge in [-0.3, -0.25) is 0 Å². The van der Waals surface area contributed by atoms with E-state index in [2.05, 4.69) is 0 Å². The minimum atomic E-state index is -3.53. The number of benzene rings is 2. The van der Waals surface area contributed by atoms with Crippen LogP contribution in [-0.2, 0) is 21.4 Å². The number of rotatable bonds is 7. The van der Waals surface area contributed by atoms with Crippen LogP contribution < -0.4 is 9.47 Å². The van der Waals surface area contributed by atoms with E-state index in [4.69, 9.17) is 14.2 Å². The molecule has 0 bridgehead atoms. The van der Waals surface area contributed by atoms with Gasteiger partial charge in [0.1, 0.15) is 6.61 Å². The Morgan fingerprint density at radius 3 is 2.28 bits per heavy atom. The van der Waals surface area contributed by atoms with Crippen molar-refractivity contribution in [2.45, 2.75) is 30.8 Å². The highest BCUT2D eigenvalue weighted by molar-refractivity contribution is 7.89. The first-order chi connectivity index (χ1) is 14.0. The molecule has 0 aliphatic carbocycles. The maximum absolute atomic E-state index is 12.7. The molecule has 0 unspecified atom stereocenters. The highest BCUT2D eigenvalue weighted by atomic mass is 32.2. The lowest BCUT2D eigenvalue weighted by Crippen LogP contribution is -2.35. The summed E-state index contributed by atoms with van der Waals surface area (Å²) in [7, 11) is -0.472. The molecule has 1 heterocycles. The van der Waals surface area contributed by atoms with Gasteiger partial charge in [-0.15, -0.1) is 0 Å². The van der Waals surface area contributed by atoms with Crippen LogP contribution in [-0.4, -0.2) is 46.0 Å². The van der Waals surface area contributed by atoms with Gasteiger partial charge >= 0.3 is 5.97 Å². The Labute approximate surface area is 171 Å². The molecule has 1 saturated heterocycles. The number of sulfonamides is 1. The van der Waals surface area contributed by atoms with Gasteiger partial charge in [-0.05, 0) is 43.2 Å². The van der Waals surface area contributed by atoms with Gasteiger partial charge in [0, 0.05) is 18.7 Å². The Kier molecular flexibility index (Phi) is 6.76. The van der Waals surface area contributed by atoms with Crippen LogP contribution in [0.1, 0.15) is 35.2 Å². The van der Waals surface area contributed by atoms with Gasteiger partial charge in [-0.1, -0.05) is 18.6 Å². The monoisotopic (exact) mass is 419 g/mol. The maximum Gasteiger partial charge on any atom is 0.338 e. The van der Waals surface area contributed by atoms with Gasteiger partial charge in [0.2, 0.25) is 10.0 Å². The summed E-state index contributed by atoms with van der Waals surface area (Å²) in [6, 6.07) is 11.2. The number of nitrogens with zero attached hydrogens (tertiary/aromatic N) is 1. The van der Waals surface area contributed by atoms with Crippen LogP contribution in [0, 0.1) is 0 Å². The first kappa shape index (κ1) is 21.1. The molecule has 1 aliphatic rings. The zero-order valence-corrected chi connectivity index (χ0v) is 17.4. The van der Waals surface area contributed by atoms with E-state index in [0.717, 1.165) is 19.3 Å². The molecule has 3 rings (SSSR count). The summed E-state index contributed by atoms with van der Waals surface area (Å²) >= 11 is 0. The Morgan fingerprint density at radius 2 is 1.66 bits per heavy atom. The molecule has 0 atom stereocenters. The van der Waals surface area contributed by atoms with Crippen molar-refractivity contribution >= 4 is 16.0 Å². The number of methoxy groups -OCH3 is 2. The van der Waals surface area contributed by atoms with Crippen LogP contribution in [0.25, 0.3) is 0 Å². The molecule has 8 heteroatoms. The standard InChI is InChI=1S/C21H25NO6S/c1-26-19-8-6-7-17(20(19)27-2)15-28-21(23)16-9-11-18(12-10-16)29(24,25)22-13-4-3-5-14-22/h6-12H,3-5,13-15H2,1-2H3. The van der Waals surface area contributed by atoms with Gasteiger partial charge in [0.15, 0.2) is 11.5 Å². The molecule has 1 fully saturated rings. The van der Waals surface area contributed by atoms with Gasteiger partial charge in [-0.2, -0.15) is 4.31 Å². The fourth-order valence-corrected chi connectivity index (χ4v) is 4.83. The molecule has 0 aromatic heterocycles. The van der Waals surface area contributed by atoms with Crippen molar-refractivity contribution in [3.63, 3.8) is 0 Å². The lowest BCUT2D eigenvalue weighted by atomic mass is 10.2. The SMILES string of the molecule is COc1cccc(COC(=O)c2ccc(S(=O)(=O)N3CCCCC3)cc2)c1OC. The molecule has 156 valence electrons. The third-order valence-corrected chi connectivity index (χ3v) is 6.80. The second-order valence-corrected chi connectivity index (χ2v) is 8.66. The number of hydrogen-bond acceptors (Lipinski definition) is 6. The number of piperidine rings is 1. The third-order valence-electron chi connectivity index (χ3n) is 4.89. The largest absolute Gasteiger partial charge is 0.493 e. The molecule has 0 amide bonds. The Hall–Kier alpha value is -2.58.